The molecule has 0 aromatic rings. The maximum absolute atomic E-state index is 12.4. The number of likely N-dealkylation sites (N-methyl/N-ethyl adjacent to an activating group) is 2. The van der Waals surface area contributed by atoms with Crippen molar-refractivity contribution in [3.05, 3.63) is 0 Å². The maximum atomic E-state index is 12.4. The summed E-state index contributed by atoms with van der Waals surface area (Å²) in [6, 6.07) is 0. The van der Waals surface area contributed by atoms with E-state index in [4.69, 9.17) is 0 Å². The zero-order valence-electron chi connectivity index (χ0n) is 23.1. The molecule has 1 amide bonds. The van der Waals surface area contributed by atoms with Crippen LogP contribution in [0.25, 0.3) is 0 Å². The van der Waals surface area contributed by atoms with E-state index < -0.39 is 0 Å². The molecule has 0 aromatic carbocycles. The Kier molecular flexibility index (Phi) is 21.8. The molecule has 0 fully saturated rings. The molecule has 0 aliphatic carbocycles. The fourth-order valence-electron chi connectivity index (χ4n) is 4.46. The second-order valence-electron chi connectivity index (χ2n) is 11.0. The number of hydrogen-bond acceptors (Lipinski definition) is 1. The average Bonchev–Trinajstić information content (AvgIpc) is 2.77. The molecule has 0 unspecified atom stereocenters. The van der Waals surface area contributed by atoms with E-state index in [0.717, 1.165) is 30.4 Å². The van der Waals surface area contributed by atoms with Crippen LogP contribution in [0.4, 0.5) is 0 Å². The minimum Gasteiger partial charge on any atom is -0.340 e. The first-order valence-electron chi connectivity index (χ1n) is 14.5. The molecule has 192 valence electrons. The topological polar surface area (TPSA) is 20.3 Å². The molecular formula is C29H61N2O+. The Morgan fingerprint density at radius 3 is 1.38 bits per heavy atom. The molecule has 0 saturated carbocycles. The lowest BCUT2D eigenvalue weighted by Crippen LogP contribution is -2.46. The summed E-state index contributed by atoms with van der Waals surface area (Å²) in [6.07, 6.45) is 26.5. The van der Waals surface area contributed by atoms with Gasteiger partial charge in [-0.1, -0.05) is 117 Å². The quantitative estimate of drug-likeness (QED) is 0.106. The Morgan fingerprint density at radius 2 is 0.938 bits per heavy atom. The summed E-state index contributed by atoms with van der Waals surface area (Å²) in [7, 11) is 6.65. The first kappa shape index (κ1) is 31.4. The van der Waals surface area contributed by atoms with Crippen molar-refractivity contribution in [1.29, 1.82) is 0 Å². The molecule has 0 aliphatic rings. The van der Waals surface area contributed by atoms with Crippen molar-refractivity contribution in [2.45, 2.75) is 142 Å². The van der Waals surface area contributed by atoms with Gasteiger partial charge >= 0.3 is 0 Å². The van der Waals surface area contributed by atoms with Gasteiger partial charge in [-0.3, -0.25) is 4.79 Å². The number of unbranched alkanes of at least 4 members (excludes halogenated alkanes) is 17. The molecule has 0 bridgehead atoms. The second kappa shape index (κ2) is 22.2. The van der Waals surface area contributed by atoms with Crippen LogP contribution in [-0.2, 0) is 4.79 Å². The van der Waals surface area contributed by atoms with Crippen LogP contribution in [-0.4, -0.2) is 56.1 Å². The molecule has 0 radical (unpaired) electrons. The van der Waals surface area contributed by atoms with E-state index in [1.54, 1.807) is 0 Å². The van der Waals surface area contributed by atoms with Gasteiger partial charge in [0.05, 0.1) is 33.7 Å². The Morgan fingerprint density at radius 1 is 0.562 bits per heavy atom. The number of rotatable bonds is 24. The highest BCUT2D eigenvalue weighted by Crippen LogP contribution is 2.13. The van der Waals surface area contributed by atoms with Gasteiger partial charge in [0.1, 0.15) is 0 Å². The maximum Gasteiger partial charge on any atom is 0.222 e. The number of carbonyl (C=O) groups is 1. The Bertz CT molecular complexity index is 408. The largest absolute Gasteiger partial charge is 0.340 e. The lowest BCUT2D eigenvalue weighted by atomic mass is 10.1. The lowest BCUT2D eigenvalue weighted by molar-refractivity contribution is -0.889. The van der Waals surface area contributed by atoms with Crippen LogP contribution in [0.5, 0.6) is 0 Å². The molecule has 0 aliphatic heterocycles. The van der Waals surface area contributed by atoms with E-state index in [1.165, 1.54) is 122 Å². The monoisotopic (exact) mass is 453 g/mol. The summed E-state index contributed by atoms with van der Waals surface area (Å²) in [5.74, 6) is 0.340. The van der Waals surface area contributed by atoms with Crippen LogP contribution in [0, 0.1) is 0 Å². The third kappa shape index (κ3) is 21.3. The fourth-order valence-corrected chi connectivity index (χ4v) is 4.46. The minimum atomic E-state index is 0.340. The standard InChI is InChI=1S/C29H61N2O/c1-6-8-10-12-14-16-18-20-22-24-27-31(4,5)28-26-30(3)29(32)25-23-21-19-17-15-13-11-9-7-2/h6-28H2,1-5H3/q+1. The summed E-state index contributed by atoms with van der Waals surface area (Å²) >= 11 is 0. The van der Waals surface area contributed by atoms with Gasteiger partial charge in [-0.15, -0.1) is 0 Å². The molecule has 0 saturated heterocycles. The van der Waals surface area contributed by atoms with Gasteiger partial charge < -0.3 is 9.38 Å². The highest BCUT2D eigenvalue weighted by atomic mass is 16.2. The molecule has 3 heteroatoms. The summed E-state index contributed by atoms with van der Waals surface area (Å²) in [6.45, 7) is 7.75. The predicted molar refractivity (Wildman–Crippen MR) is 143 cm³/mol. The molecule has 0 spiro atoms. The molecule has 0 rings (SSSR count). The van der Waals surface area contributed by atoms with Gasteiger partial charge in [0, 0.05) is 13.5 Å². The Labute approximate surface area is 203 Å². The zero-order valence-corrected chi connectivity index (χ0v) is 23.1. The number of carbonyl (C=O) groups excluding carboxylic acids is 1. The van der Waals surface area contributed by atoms with Crippen molar-refractivity contribution < 1.29 is 9.28 Å². The van der Waals surface area contributed by atoms with Crippen molar-refractivity contribution >= 4 is 5.91 Å². The SMILES string of the molecule is CCCCCCCCCCCC[N+](C)(C)CCN(C)C(=O)CCCCCCCCCCC. The van der Waals surface area contributed by atoms with E-state index in [1.807, 2.05) is 11.9 Å². The summed E-state index contributed by atoms with van der Waals surface area (Å²) in [5.41, 5.74) is 0. The highest BCUT2D eigenvalue weighted by molar-refractivity contribution is 5.75. The van der Waals surface area contributed by atoms with E-state index in [-0.39, 0.29) is 0 Å². The molecule has 0 atom stereocenters. The lowest BCUT2D eigenvalue weighted by Gasteiger charge is -2.32. The van der Waals surface area contributed by atoms with Crippen molar-refractivity contribution in [2.24, 2.45) is 0 Å². The van der Waals surface area contributed by atoms with Crippen LogP contribution >= 0.6 is 0 Å². The van der Waals surface area contributed by atoms with Crippen molar-refractivity contribution in [3.8, 4) is 0 Å². The van der Waals surface area contributed by atoms with E-state index in [2.05, 4.69) is 27.9 Å². The summed E-state index contributed by atoms with van der Waals surface area (Å²) < 4.78 is 1.03. The molecular weight excluding hydrogens is 392 g/mol. The van der Waals surface area contributed by atoms with Gasteiger partial charge in [0.25, 0.3) is 0 Å². The van der Waals surface area contributed by atoms with Crippen molar-refractivity contribution in [2.75, 3.05) is 40.8 Å². The van der Waals surface area contributed by atoms with Crippen LogP contribution in [0.3, 0.4) is 0 Å². The van der Waals surface area contributed by atoms with Crippen LogP contribution in [0.1, 0.15) is 142 Å². The molecule has 0 aromatic heterocycles. The third-order valence-electron chi connectivity index (χ3n) is 7.08. The smallest absolute Gasteiger partial charge is 0.222 e. The Hall–Kier alpha value is -0.570. The van der Waals surface area contributed by atoms with Gasteiger partial charge in [0.15, 0.2) is 0 Å². The Balaban J connectivity index is 3.63. The van der Waals surface area contributed by atoms with Crippen molar-refractivity contribution in [3.63, 3.8) is 0 Å². The first-order valence-corrected chi connectivity index (χ1v) is 14.5. The highest BCUT2D eigenvalue weighted by Gasteiger charge is 2.17. The third-order valence-corrected chi connectivity index (χ3v) is 7.08. The first-order chi connectivity index (χ1) is 15.4. The van der Waals surface area contributed by atoms with Crippen LogP contribution in [0.2, 0.25) is 0 Å². The van der Waals surface area contributed by atoms with Crippen LogP contribution < -0.4 is 0 Å². The molecule has 0 N–H and O–H groups in total. The molecule has 32 heavy (non-hydrogen) atoms. The second-order valence-corrected chi connectivity index (χ2v) is 11.0. The summed E-state index contributed by atoms with van der Waals surface area (Å²) in [5, 5.41) is 0. The number of quaternary nitrogens is 1. The summed E-state index contributed by atoms with van der Waals surface area (Å²) in [4.78, 5) is 14.4. The predicted octanol–water partition coefficient (Wildman–Crippen LogP) is 8.36. The van der Waals surface area contributed by atoms with Gasteiger partial charge in [-0.05, 0) is 19.3 Å². The number of nitrogens with zero attached hydrogens (tertiary/aromatic N) is 2. The normalized spacial score (nSPS) is 11.8. The fraction of sp³-hybridized carbons (Fsp3) is 0.966. The van der Waals surface area contributed by atoms with E-state index in [0.29, 0.717) is 5.91 Å². The molecule has 3 nitrogen and oxygen atoms in total. The van der Waals surface area contributed by atoms with Crippen molar-refractivity contribution in [1.82, 2.24) is 4.90 Å². The van der Waals surface area contributed by atoms with Gasteiger partial charge in [0.2, 0.25) is 5.91 Å². The zero-order chi connectivity index (χ0) is 23.9. The van der Waals surface area contributed by atoms with Gasteiger partial charge in [-0.2, -0.15) is 0 Å². The van der Waals surface area contributed by atoms with E-state index >= 15 is 0 Å². The molecule has 0 heterocycles. The van der Waals surface area contributed by atoms with Gasteiger partial charge in [-0.25, -0.2) is 0 Å². The average molecular weight is 454 g/mol. The number of amides is 1. The van der Waals surface area contributed by atoms with E-state index in [9.17, 15) is 4.79 Å². The minimum absolute atomic E-state index is 0.340. The van der Waals surface area contributed by atoms with Crippen LogP contribution in [0.15, 0.2) is 0 Å². The number of hydrogen-bond donors (Lipinski definition) is 0.